The summed E-state index contributed by atoms with van der Waals surface area (Å²) in [7, 11) is 1.53. The number of rotatable bonds is 4. The Bertz CT molecular complexity index is 530. The molecule has 1 aromatic rings. The highest BCUT2D eigenvalue weighted by molar-refractivity contribution is 14.1. The molecule has 0 radical (unpaired) electrons. The second kappa shape index (κ2) is 6.87. The Morgan fingerprint density at radius 3 is 2.68 bits per heavy atom. The largest absolute Gasteiger partial charge is 0.469 e. The lowest BCUT2D eigenvalue weighted by atomic mass is 9.76. The standard InChI is InChI=1S/C18H24INO2/c1-3-10-20-14-8-9-16(20)17(18(21)22-2)15(11-14)12-4-6-13(19)7-5-12/h4-7,14-17H,3,8-11H2,1-2H3/t14?,15?,16?,17-/m0/s1. The maximum atomic E-state index is 12.5. The van der Waals surface area contributed by atoms with E-state index in [-0.39, 0.29) is 11.9 Å². The van der Waals surface area contributed by atoms with Crippen LogP contribution in [-0.2, 0) is 9.53 Å². The molecule has 22 heavy (non-hydrogen) atoms. The summed E-state index contributed by atoms with van der Waals surface area (Å²) < 4.78 is 6.41. The van der Waals surface area contributed by atoms with Crippen molar-refractivity contribution in [3.63, 3.8) is 0 Å². The van der Waals surface area contributed by atoms with Crippen LogP contribution in [0.3, 0.4) is 0 Å². The number of esters is 1. The van der Waals surface area contributed by atoms with Crippen LogP contribution in [0.15, 0.2) is 24.3 Å². The lowest BCUT2D eigenvalue weighted by molar-refractivity contribution is -0.150. The second-order valence-corrected chi connectivity index (χ2v) is 7.72. The normalized spacial score (nSPS) is 31.2. The number of carbonyl (C=O) groups is 1. The summed E-state index contributed by atoms with van der Waals surface area (Å²) in [4.78, 5) is 15.1. The van der Waals surface area contributed by atoms with E-state index in [1.54, 1.807) is 0 Å². The van der Waals surface area contributed by atoms with Gasteiger partial charge in [0, 0.05) is 21.6 Å². The van der Waals surface area contributed by atoms with Gasteiger partial charge in [-0.1, -0.05) is 19.1 Å². The first-order valence-corrected chi connectivity index (χ1v) is 9.32. The topological polar surface area (TPSA) is 29.5 Å². The average molecular weight is 413 g/mol. The zero-order valence-electron chi connectivity index (χ0n) is 13.3. The minimum absolute atomic E-state index is 0.0182. The van der Waals surface area contributed by atoms with Crippen molar-refractivity contribution in [2.24, 2.45) is 5.92 Å². The Hall–Kier alpha value is -0.620. The number of benzene rings is 1. The summed E-state index contributed by atoms with van der Waals surface area (Å²) in [6.45, 7) is 3.32. The Morgan fingerprint density at radius 1 is 1.32 bits per heavy atom. The molecule has 2 heterocycles. The molecule has 1 aromatic carbocycles. The first-order valence-electron chi connectivity index (χ1n) is 8.24. The van der Waals surface area contributed by atoms with Crippen molar-refractivity contribution in [3.8, 4) is 0 Å². The fourth-order valence-electron chi connectivity index (χ4n) is 4.43. The number of fused-ring (bicyclic) bond motifs is 2. The first kappa shape index (κ1) is 16.2. The molecular formula is C18H24INO2. The third kappa shape index (κ3) is 2.92. The molecule has 0 aliphatic carbocycles. The van der Waals surface area contributed by atoms with Gasteiger partial charge in [0.05, 0.1) is 13.0 Å². The van der Waals surface area contributed by atoms with Gasteiger partial charge >= 0.3 is 5.97 Å². The molecule has 0 spiro atoms. The van der Waals surface area contributed by atoms with Crippen LogP contribution in [0.25, 0.3) is 0 Å². The summed E-state index contributed by atoms with van der Waals surface area (Å²) in [6.07, 6.45) is 4.58. The number of methoxy groups -OCH3 is 1. The van der Waals surface area contributed by atoms with E-state index in [4.69, 9.17) is 4.74 Å². The number of piperidine rings is 1. The molecule has 3 nitrogen and oxygen atoms in total. The molecule has 2 aliphatic rings. The molecule has 0 amide bonds. The van der Waals surface area contributed by atoms with Gasteiger partial charge in [0.15, 0.2) is 0 Å². The van der Waals surface area contributed by atoms with Crippen molar-refractivity contribution in [2.75, 3.05) is 13.7 Å². The zero-order valence-corrected chi connectivity index (χ0v) is 15.5. The third-order valence-corrected chi connectivity index (χ3v) is 6.04. The molecule has 3 rings (SSSR count). The fraction of sp³-hybridized carbons (Fsp3) is 0.611. The van der Waals surface area contributed by atoms with E-state index < -0.39 is 0 Å². The third-order valence-electron chi connectivity index (χ3n) is 5.32. The van der Waals surface area contributed by atoms with E-state index in [1.165, 1.54) is 22.7 Å². The molecule has 0 N–H and O–H groups in total. The quantitative estimate of drug-likeness (QED) is 0.556. The van der Waals surface area contributed by atoms with Crippen LogP contribution in [0, 0.1) is 9.49 Å². The van der Waals surface area contributed by atoms with Crippen LogP contribution in [0.1, 0.15) is 44.1 Å². The van der Waals surface area contributed by atoms with Crippen LogP contribution in [0.4, 0.5) is 0 Å². The fourth-order valence-corrected chi connectivity index (χ4v) is 4.79. The highest BCUT2D eigenvalue weighted by Crippen LogP contribution is 2.47. The maximum absolute atomic E-state index is 12.5. The smallest absolute Gasteiger partial charge is 0.310 e. The molecular weight excluding hydrogens is 389 g/mol. The molecule has 3 unspecified atom stereocenters. The molecule has 2 aliphatic heterocycles. The lowest BCUT2D eigenvalue weighted by Gasteiger charge is -2.43. The molecule has 0 aromatic heterocycles. The van der Waals surface area contributed by atoms with E-state index in [0.717, 1.165) is 25.8 Å². The number of hydrogen-bond acceptors (Lipinski definition) is 3. The van der Waals surface area contributed by atoms with Crippen LogP contribution in [0.2, 0.25) is 0 Å². The minimum Gasteiger partial charge on any atom is -0.469 e. The molecule has 4 heteroatoms. The van der Waals surface area contributed by atoms with Crippen molar-refractivity contribution in [2.45, 2.75) is 50.6 Å². The molecule has 2 fully saturated rings. The predicted molar refractivity (Wildman–Crippen MR) is 95.8 cm³/mol. The molecule has 4 atom stereocenters. The van der Waals surface area contributed by atoms with Gasteiger partial charge < -0.3 is 4.74 Å². The SMILES string of the molecule is CCCN1C2CCC1[C@@H](C(=O)OC)C(c1ccc(I)cc1)C2. The van der Waals surface area contributed by atoms with Crippen LogP contribution in [-0.4, -0.2) is 36.6 Å². The summed E-state index contributed by atoms with van der Waals surface area (Å²) in [6, 6.07) is 9.66. The van der Waals surface area contributed by atoms with E-state index in [1.807, 2.05) is 0 Å². The summed E-state index contributed by atoms with van der Waals surface area (Å²) in [5, 5.41) is 0. The Balaban J connectivity index is 1.92. The van der Waals surface area contributed by atoms with Crippen molar-refractivity contribution < 1.29 is 9.53 Å². The predicted octanol–water partition coefficient (Wildman–Crippen LogP) is 3.81. The number of hydrogen-bond donors (Lipinski definition) is 0. The van der Waals surface area contributed by atoms with Gasteiger partial charge in [0.2, 0.25) is 0 Å². The van der Waals surface area contributed by atoms with Crippen molar-refractivity contribution in [1.82, 2.24) is 4.90 Å². The summed E-state index contributed by atoms with van der Waals surface area (Å²) >= 11 is 2.33. The van der Waals surface area contributed by atoms with E-state index in [2.05, 4.69) is 58.7 Å². The number of nitrogens with zero attached hydrogens (tertiary/aromatic N) is 1. The highest BCUT2D eigenvalue weighted by atomic mass is 127. The van der Waals surface area contributed by atoms with Crippen LogP contribution < -0.4 is 0 Å². The van der Waals surface area contributed by atoms with Crippen molar-refractivity contribution >= 4 is 28.6 Å². The Labute approximate surface area is 146 Å². The summed E-state index contributed by atoms with van der Waals surface area (Å²) in [5.41, 5.74) is 1.30. The van der Waals surface area contributed by atoms with Crippen molar-refractivity contribution in [1.29, 1.82) is 0 Å². The van der Waals surface area contributed by atoms with E-state index in [9.17, 15) is 4.79 Å². The van der Waals surface area contributed by atoms with Gasteiger partial charge in [-0.2, -0.15) is 0 Å². The van der Waals surface area contributed by atoms with E-state index >= 15 is 0 Å². The van der Waals surface area contributed by atoms with Gasteiger partial charge in [0.1, 0.15) is 0 Å². The minimum atomic E-state index is -0.0324. The Kier molecular flexibility index (Phi) is 5.07. The van der Waals surface area contributed by atoms with Gasteiger partial charge in [-0.15, -0.1) is 0 Å². The van der Waals surface area contributed by atoms with Crippen molar-refractivity contribution in [3.05, 3.63) is 33.4 Å². The average Bonchev–Trinajstić information content (AvgIpc) is 2.80. The Morgan fingerprint density at radius 2 is 2.05 bits per heavy atom. The molecule has 2 saturated heterocycles. The van der Waals surface area contributed by atoms with E-state index in [0.29, 0.717) is 18.0 Å². The zero-order chi connectivity index (χ0) is 15.7. The van der Waals surface area contributed by atoms with Crippen LogP contribution in [0.5, 0.6) is 0 Å². The molecule has 0 saturated carbocycles. The molecule has 2 bridgehead atoms. The first-order chi connectivity index (χ1) is 10.7. The monoisotopic (exact) mass is 413 g/mol. The molecule has 120 valence electrons. The number of carbonyl (C=O) groups excluding carboxylic acids is 1. The van der Waals surface area contributed by atoms with Gasteiger partial charge in [-0.05, 0) is 72.5 Å². The lowest BCUT2D eigenvalue weighted by Crippen LogP contribution is -2.51. The van der Waals surface area contributed by atoms with Gasteiger partial charge in [-0.25, -0.2) is 0 Å². The maximum Gasteiger partial charge on any atom is 0.310 e. The van der Waals surface area contributed by atoms with Gasteiger partial charge in [0.25, 0.3) is 0 Å². The number of halogens is 1. The summed E-state index contributed by atoms with van der Waals surface area (Å²) in [5.74, 6) is 0.250. The van der Waals surface area contributed by atoms with Crippen LogP contribution >= 0.6 is 22.6 Å². The number of ether oxygens (including phenoxy) is 1. The van der Waals surface area contributed by atoms with Gasteiger partial charge in [-0.3, -0.25) is 9.69 Å². The highest BCUT2D eigenvalue weighted by Gasteiger charge is 2.50. The second-order valence-electron chi connectivity index (χ2n) is 6.48.